The molecule has 2 heterocycles. The maximum absolute atomic E-state index is 12.8. The lowest BCUT2D eigenvalue weighted by Crippen LogP contribution is -2.48. The minimum atomic E-state index is -0.232. The molecule has 1 amide bonds. The Morgan fingerprint density at radius 1 is 0.846 bits per heavy atom. The van der Waals surface area contributed by atoms with E-state index < -0.39 is 0 Å². The minimum absolute atomic E-state index is 0.0932. The molecular weight excluding hydrogens is 328 g/mol. The Hall–Kier alpha value is -3.28. The van der Waals surface area contributed by atoms with Crippen molar-refractivity contribution in [1.82, 2.24) is 14.7 Å². The third kappa shape index (κ3) is 3.13. The molecule has 0 radical (unpaired) electrons. The SMILES string of the molecule is O=C(c1nn(-c2ccccc2)cc1O)N1CCN(c2ccccc2)CC1. The van der Waals surface area contributed by atoms with Crippen LogP contribution in [0.5, 0.6) is 5.75 Å². The average Bonchev–Trinajstić information content (AvgIpc) is 3.10. The zero-order valence-corrected chi connectivity index (χ0v) is 14.3. The lowest BCUT2D eigenvalue weighted by atomic mass is 10.2. The third-order valence-corrected chi connectivity index (χ3v) is 4.61. The summed E-state index contributed by atoms with van der Waals surface area (Å²) in [5, 5.41) is 14.5. The van der Waals surface area contributed by atoms with Crippen LogP contribution in [-0.4, -0.2) is 51.9 Å². The van der Waals surface area contributed by atoms with Gasteiger partial charge in [0.25, 0.3) is 5.91 Å². The van der Waals surface area contributed by atoms with Crippen LogP contribution in [0.15, 0.2) is 66.9 Å². The monoisotopic (exact) mass is 348 g/mol. The first kappa shape index (κ1) is 16.2. The average molecular weight is 348 g/mol. The lowest BCUT2D eigenvalue weighted by molar-refractivity contribution is 0.0737. The van der Waals surface area contributed by atoms with Crippen molar-refractivity contribution in [3.05, 3.63) is 72.6 Å². The van der Waals surface area contributed by atoms with Gasteiger partial charge in [0.1, 0.15) is 0 Å². The summed E-state index contributed by atoms with van der Waals surface area (Å²) in [6, 6.07) is 19.6. The van der Waals surface area contributed by atoms with E-state index in [2.05, 4.69) is 22.1 Å². The molecule has 1 N–H and O–H groups in total. The quantitative estimate of drug-likeness (QED) is 0.790. The van der Waals surface area contributed by atoms with Crippen LogP contribution in [0.3, 0.4) is 0 Å². The van der Waals surface area contributed by atoms with Crippen molar-refractivity contribution in [2.45, 2.75) is 0 Å². The van der Waals surface area contributed by atoms with E-state index in [4.69, 9.17) is 0 Å². The molecule has 0 saturated carbocycles. The summed E-state index contributed by atoms with van der Waals surface area (Å²) in [5.74, 6) is -0.325. The molecule has 0 aliphatic carbocycles. The maximum Gasteiger partial charge on any atom is 0.278 e. The summed E-state index contributed by atoms with van der Waals surface area (Å²) in [6.45, 7) is 2.72. The van der Waals surface area contributed by atoms with Crippen molar-refractivity contribution in [3.63, 3.8) is 0 Å². The molecule has 0 bridgehead atoms. The van der Waals surface area contributed by atoms with Crippen LogP contribution in [0.1, 0.15) is 10.5 Å². The molecule has 0 unspecified atom stereocenters. The number of carbonyl (C=O) groups is 1. The molecule has 26 heavy (non-hydrogen) atoms. The number of aromatic nitrogens is 2. The molecular formula is C20H20N4O2. The van der Waals surface area contributed by atoms with Crippen LogP contribution in [0, 0.1) is 0 Å². The van der Waals surface area contributed by atoms with Gasteiger partial charge in [-0.2, -0.15) is 5.10 Å². The normalized spacial score (nSPS) is 14.5. The summed E-state index contributed by atoms with van der Waals surface area (Å²) in [4.78, 5) is 16.8. The topological polar surface area (TPSA) is 61.6 Å². The van der Waals surface area contributed by atoms with Crippen LogP contribution in [0.25, 0.3) is 5.69 Å². The largest absolute Gasteiger partial charge is 0.504 e. The van der Waals surface area contributed by atoms with Gasteiger partial charge in [-0.1, -0.05) is 36.4 Å². The molecule has 1 fully saturated rings. The van der Waals surface area contributed by atoms with Gasteiger partial charge in [-0.15, -0.1) is 0 Å². The molecule has 1 aliphatic rings. The Kier molecular flexibility index (Phi) is 4.31. The van der Waals surface area contributed by atoms with Crippen LogP contribution in [0.2, 0.25) is 0 Å². The summed E-state index contributed by atoms with van der Waals surface area (Å²) in [6.07, 6.45) is 1.47. The van der Waals surface area contributed by atoms with Crippen LogP contribution < -0.4 is 4.90 Å². The van der Waals surface area contributed by atoms with E-state index in [0.29, 0.717) is 13.1 Å². The van der Waals surface area contributed by atoms with E-state index in [9.17, 15) is 9.90 Å². The highest BCUT2D eigenvalue weighted by Crippen LogP contribution is 2.21. The highest BCUT2D eigenvalue weighted by atomic mass is 16.3. The number of piperazine rings is 1. The molecule has 1 saturated heterocycles. The van der Waals surface area contributed by atoms with Crippen LogP contribution in [0.4, 0.5) is 5.69 Å². The Morgan fingerprint density at radius 3 is 2.04 bits per heavy atom. The predicted octanol–water partition coefficient (Wildman–Crippen LogP) is 2.54. The van der Waals surface area contributed by atoms with Crippen molar-refractivity contribution in [3.8, 4) is 11.4 Å². The van der Waals surface area contributed by atoms with Gasteiger partial charge in [-0.05, 0) is 24.3 Å². The molecule has 1 aliphatic heterocycles. The third-order valence-electron chi connectivity index (χ3n) is 4.61. The second-order valence-electron chi connectivity index (χ2n) is 6.26. The van der Waals surface area contributed by atoms with Crippen molar-refractivity contribution < 1.29 is 9.90 Å². The predicted molar refractivity (Wildman–Crippen MR) is 99.8 cm³/mol. The van der Waals surface area contributed by atoms with Gasteiger partial charge >= 0.3 is 0 Å². The highest BCUT2D eigenvalue weighted by molar-refractivity contribution is 5.95. The van der Waals surface area contributed by atoms with Gasteiger partial charge in [-0.3, -0.25) is 4.79 Å². The fraction of sp³-hybridized carbons (Fsp3) is 0.200. The zero-order valence-electron chi connectivity index (χ0n) is 14.3. The summed E-state index contributed by atoms with van der Waals surface area (Å²) >= 11 is 0. The standard InChI is InChI=1S/C20H20N4O2/c25-18-15-24(17-9-5-2-6-10-17)21-19(18)20(26)23-13-11-22(12-14-23)16-7-3-1-4-8-16/h1-10,15,25H,11-14H2. The van der Waals surface area contributed by atoms with E-state index >= 15 is 0 Å². The molecule has 6 nitrogen and oxygen atoms in total. The van der Waals surface area contributed by atoms with Gasteiger partial charge in [0.05, 0.1) is 11.9 Å². The second kappa shape index (κ2) is 6.92. The molecule has 132 valence electrons. The van der Waals surface area contributed by atoms with E-state index in [1.54, 1.807) is 4.90 Å². The Morgan fingerprint density at radius 2 is 1.42 bits per heavy atom. The Labute approximate surface area is 151 Å². The maximum atomic E-state index is 12.8. The second-order valence-corrected chi connectivity index (χ2v) is 6.26. The molecule has 0 atom stereocenters. The summed E-state index contributed by atoms with van der Waals surface area (Å²) < 4.78 is 1.53. The highest BCUT2D eigenvalue weighted by Gasteiger charge is 2.26. The van der Waals surface area contributed by atoms with Crippen molar-refractivity contribution in [2.24, 2.45) is 0 Å². The van der Waals surface area contributed by atoms with E-state index in [0.717, 1.165) is 24.5 Å². The van der Waals surface area contributed by atoms with E-state index in [-0.39, 0.29) is 17.4 Å². The number of amides is 1. The Bertz CT molecular complexity index is 885. The van der Waals surface area contributed by atoms with Gasteiger partial charge < -0.3 is 14.9 Å². The number of benzene rings is 2. The molecule has 6 heteroatoms. The summed E-state index contributed by atoms with van der Waals surface area (Å²) in [7, 11) is 0. The number of nitrogens with zero attached hydrogens (tertiary/aromatic N) is 4. The number of hydrogen-bond acceptors (Lipinski definition) is 4. The first-order valence-electron chi connectivity index (χ1n) is 8.66. The first-order valence-corrected chi connectivity index (χ1v) is 8.66. The lowest BCUT2D eigenvalue weighted by Gasteiger charge is -2.35. The number of aromatic hydroxyl groups is 1. The van der Waals surface area contributed by atoms with Crippen LogP contribution >= 0.6 is 0 Å². The van der Waals surface area contributed by atoms with E-state index in [1.807, 2.05) is 48.5 Å². The van der Waals surface area contributed by atoms with Gasteiger partial charge in [0.15, 0.2) is 11.4 Å². The van der Waals surface area contributed by atoms with E-state index in [1.165, 1.54) is 10.9 Å². The molecule has 2 aromatic carbocycles. The van der Waals surface area contributed by atoms with Crippen molar-refractivity contribution in [2.75, 3.05) is 31.1 Å². The number of anilines is 1. The Balaban J connectivity index is 1.47. The number of hydrogen-bond donors (Lipinski definition) is 1. The zero-order chi connectivity index (χ0) is 17.9. The van der Waals surface area contributed by atoms with Gasteiger partial charge in [0.2, 0.25) is 0 Å². The summed E-state index contributed by atoms with van der Waals surface area (Å²) in [5.41, 5.74) is 2.06. The van der Waals surface area contributed by atoms with Crippen molar-refractivity contribution >= 4 is 11.6 Å². The molecule has 4 rings (SSSR count). The van der Waals surface area contributed by atoms with Gasteiger partial charge in [-0.25, -0.2) is 4.68 Å². The molecule has 3 aromatic rings. The number of rotatable bonds is 3. The van der Waals surface area contributed by atoms with Crippen LogP contribution in [-0.2, 0) is 0 Å². The number of para-hydroxylation sites is 2. The van der Waals surface area contributed by atoms with Gasteiger partial charge in [0, 0.05) is 31.9 Å². The fourth-order valence-corrected chi connectivity index (χ4v) is 3.19. The fourth-order valence-electron chi connectivity index (χ4n) is 3.19. The van der Waals surface area contributed by atoms with Crippen molar-refractivity contribution in [1.29, 1.82) is 0 Å². The first-order chi connectivity index (χ1) is 12.7. The minimum Gasteiger partial charge on any atom is -0.504 e. The smallest absolute Gasteiger partial charge is 0.278 e. The number of carbonyl (C=O) groups excluding carboxylic acids is 1. The molecule has 1 aromatic heterocycles. The molecule has 0 spiro atoms.